The molecule has 0 bridgehead atoms. The normalized spacial score (nSPS) is 10.0. The summed E-state index contributed by atoms with van der Waals surface area (Å²) >= 11 is 0. The van der Waals surface area contributed by atoms with Gasteiger partial charge >= 0.3 is 0 Å². The van der Waals surface area contributed by atoms with E-state index < -0.39 is 5.82 Å². The van der Waals surface area contributed by atoms with Crippen LogP contribution >= 0.6 is 0 Å². The van der Waals surface area contributed by atoms with Gasteiger partial charge in [-0.1, -0.05) is 18.2 Å². The molecule has 0 fully saturated rings. The van der Waals surface area contributed by atoms with Crippen molar-refractivity contribution < 1.29 is 9.13 Å². The molecule has 0 spiro atoms. The number of nitrogen functional groups attached to an aromatic ring is 1. The lowest BCUT2D eigenvalue weighted by Gasteiger charge is -2.10. The number of hydrogen-bond acceptors (Lipinski definition) is 4. The van der Waals surface area contributed by atoms with Gasteiger partial charge in [0.25, 0.3) is 5.88 Å². The van der Waals surface area contributed by atoms with Crippen LogP contribution in [0.25, 0.3) is 0 Å². The van der Waals surface area contributed by atoms with Gasteiger partial charge < -0.3 is 15.8 Å². The van der Waals surface area contributed by atoms with Crippen molar-refractivity contribution in [1.29, 1.82) is 0 Å². The first-order chi connectivity index (χ1) is 8.20. The molecule has 0 amide bonds. The highest BCUT2D eigenvalue weighted by molar-refractivity contribution is 5.69. The number of hydrogen-bond donors (Lipinski definition) is 2. The Morgan fingerprint density at radius 2 is 2.00 bits per heavy atom. The Balaban J connectivity index is 2.33. The number of rotatable bonds is 3. The van der Waals surface area contributed by atoms with Crippen LogP contribution in [0.4, 0.5) is 21.6 Å². The molecule has 0 aliphatic heterocycles. The summed E-state index contributed by atoms with van der Waals surface area (Å²) in [6, 6.07) is 10.5. The van der Waals surface area contributed by atoms with Crippen molar-refractivity contribution in [3.05, 3.63) is 42.2 Å². The van der Waals surface area contributed by atoms with Crippen molar-refractivity contribution in [3.63, 3.8) is 0 Å². The standard InChI is InChI=1S/C12H12FN3O/c1-17-12-9(13)7-10(14)11(16-12)15-8-5-3-2-4-6-8/h2-7H,14H2,1H3,(H,15,16). The van der Waals surface area contributed by atoms with Gasteiger partial charge in [0.05, 0.1) is 12.8 Å². The number of nitrogens with zero attached hydrogens (tertiary/aromatic N) is 1. The van der Waals surface area contributed by atoms with Crippen LogP contribution < -0.4 is 15.8 Å². The van der Waals surface area contributed by atoms with Crippen molar-refractivity contribution in [2.24, 2.45) is 0 Å². The highest BCUT2D eigenvalue weighted by Crippen LogP contribution is 2.26. The molecular formula is C12H12FN3O. The van der Waals surface area contributed by atoms with Crippen LogP contribution in [0.15, 0.2) is 36.4 Å². The third-order valence-electron chi connectivity index (χ3n) is 2.20. The summed E-state index contributed by atoms with van der Waals surface area (Å²) in [7, 11) is 1.36. The van der Waals surface area contributed by atoms with Crippen LogP contribution in [0.1, 0.15) is 0 Å². The molecule has 17 heavy (non-hydrogen) atoms. The zero-order chi connectivity index (χ0) is 12.3. The molecule has 0 radical (unpaired) electrons. The molecule has 1 aromatic heterocycles. The maximum absolute atomic E-state index is 13.3. The minimum Gasteiger partial charge on any atom is -0.479 e. The zero-order valence-corrected chi connectivity index (χ0v) is 9.27. The van der Waals surface area contributed by atoms with Gasteiger partial charge in [-0.05, 0) is 12.1 Å². The summed E-state index contributed by atoms with van der Waals surface area (Å²) in [6.45, 7) is 0. The summed E-state index contributed by atoms with van der Waals surface area (Å²) < 4.78 is 18.1. The number of aromatic nitrogens is 1. The smallest absolute Gasteiger partial charge is 0.252 e. The van der Waals surface area contributed by atoms with E-state index in [4.69, 9.17) is 10.5 Å². The van der Waals surface area contributed by atoms with E-state index in [1.54, 1.807) is 0 Å². The average molecular weight is 233 g/mol. The van der Waals surface area contributed by atoms with E-state index in [0.717, 1.165) is 5.69 Å². The van der Waals surface area contributed by atoms with Crippen molar-refractivity contribution in [1.82, 2.24) is 4.98 Å². The van der Waals surface area contributed by atoms with Crippen molar-refractivity contribution in [2.45, 2.75) is 0 Å². The number of methoxy groups -OCH3 is 1. The summed E-state index contributed by atoms with van der Waals surface area (Å²) in [5.41, 5.74) is 6.72. The van der Waals surface area contributed by atoms with Crippen LogP contribution in [0.2, 0.25) is 0 Å². The van der Waals surface area contributed by atoms with Crippen LogP contribution in [-0.2, 0) is 0 Å². The van der Waals surface area contributed by atoms with Gasteiger partial charge in [-0.25, -0.2) is 4.39 Å². The lowest BCUT2D eigenvalue weighted by molar-refractivity contribution is 0.370. The number of benzene rings is 1. The second kappa shape index (κ2) is 4.69. The van der Waals surface area contributed by atoms with Gasteiger partial charge in [-0.2, -0.15) is 4.98 Å². The quantitative estimate of drug-likeness (QED) is 0.855. The number of para-hydroxylation sites is 1. The molecule has 1 heterocycles. The van der Waals surface area contributed by atoms with Gasteiger partial charge in [-0.15, -0.1) is 0 Å². The van der Waals surface area contributed by atoms with Crippen molar-refractivity contribution in [3.8, 4) is 5.88 Å². The largest absolute Gasteiger partial charge is 0.479 e. The highest BCUT2D eigenvalue weighted by atomic mass is 19.1. The molecule has 1 aromatic carbocycles. The Bertz CT molecular complexity index is 517. The summed E-state index contributed by atoms with van der Waals surface area (Å²) in [5, 5.41) is 2.99. The van der Waals surface area contributed by atoms with Gasteiger partial charge in [0, 0.05) is 11.8 Å². The first-order valence-corrected chi connectivity index (χ1v) is 5.03. The molecule has 2 aromatic rings. The predicted molar refractivity (Wildman–Crippen MR) is 64.9 cm³/mol. The minimum absolute atomic E-state index is 0.0855. The molecule has 5 heteroatoms. The molecule has 4 nitrogen and oxygen atoms in total. The molecule has 88 valence electrons. The topological polar surface area (TPSA) is 60.2 Å². The SMILES string of the molecule is COc1nc(Nc2ccccc2)c(N)cc1F. The van der Waals surface area contributed by atoms with Gasteiger partial charge in [0.2, 0.25) is 0 Å². The monoisotopic (exact) mass is 233 g/mol. The number of halogens is 1. The fraction of sp³-hybridized carbons (Fsp3) is 0.0833. The Morgan fingerprint density at radius 3 is 2.65 bits per heavy atom. The number of pyridine rings is 1. The summed E-state index contributed by atoms with van der Waals surface area (Å²) in [5.74, 6) is -0.296. The Morgan fingerprint density at radius 1 is 1.29 bits per heavy atom. The first-order valence-electron chi connectivity index (χ1n) is 5.03. The predicted octanol–water partition coefficient (Wildman–Crippen LogP) is 2.56. The Kier molecular flexibility index (Phi) is 3.09. The van der Waals surface area contributed by atoms with Gasteiger partial charge in [0.1, 0.15) is 0 Å². The second-order valence-electron chi connectivity index (χ2n) is 3.41. The van der Waals surface area contributed by atoms with Crippen LogP contribution in [0.3, 0.4) is 0 Å². The fourth-order valence-corrected chi connectivity index (χ4v) is 1.39. The molecule has 0 atom stereocenters. The van der Waals surface area contributed by atoms with Crippen molar-refractivity contribution in [2.75, 3.05) is 18.2 Å². The molecule has 0 unspecified atom stereocenters. The Hall–Kier alpha value is -2.30. The van der Waals surface area contributed by atoms with E-state index >= 15 is 0 Å². The average Bonchev–Trinajstić information content (AvgIpc) is 2.34. The van der Waals surface area contributed by atoms with Gasteiger partial charge in [-0.3, -0.25) is 0 Å². The van der Waals surface area contributed by atoms with E-state index in [2.05, 4.69) is 10.3 Å². The van der Waals surface area contributed by atoms with E-state index in [0.29, 0.717) is 5.82 Å². The molecular weight excluding hydrogens is 221 g/mol. The molecule has 0 aliphatic carbocycles. The maximum Gasteiger partial charge on any atom is 0.252 e. The lowest BCUT2D eigenvalue weighted by atomic mass is 10.3. The van der Waals surface area contributed by atoms with Crippen LogP contribution in [0, 0.1) is 5.82 Å². The Labute approximate surface area is 98.2 Å². The number of ether oxygens (including phenoxy) is 1. The van der Waals surface area contributed by atoms with E-state index in [9.17, 15) is 4.39 Å². The third-order valence-corrected chi connectivity index (χ3v) is 2.20. The summed E-state index contributed by atoms with van der Waals surface area (Å²) in [4.78, 5) is 3.95. The third kappa shape index (κ3) is 2.44. The molecule has 0 saturated carbocycles. The molecule has 2 rings (SSSR count). The highest BCUT2D eigenvalue weighted by Gasteiger charge is 2.10. The zero-order valence-electron chi connectivity index (χ0n) is 9.27. The first kappa shape index (κ1) is 11.2. The molecule has 0 aliphatic rings. The van der Waals surface area contributed by atoms with Crippen molar-refractivity contribution >= 4 is 17.2 Å². The van der Waals surface area contributed by atoms with E-state index in [1.165, 1.54) is 13.2 Å². The van der Waals surface area contributed by atoms with Crippen LogP contribution in [0.5, 0.6) is 5.88 Å². The maximum atomic E-state index is 13.3. The van der Waals surface area contributed by atoms with E-state index in [-0.39, 0.29) is 11.6 Å². The second-order valence-corrected chi connectivity index (χ2v) is 3.41. The number of nitrogens with two attached hydrogens (primary N) is 1. The van der Waals surface area contributed by atoms with E-state index in [1.807, 2.05) is 30.3 Å². The van der Waals surface area contributed by atoms with Crippen LogP contribution in [-0.4, -0.2) is 12.1 Å². The molecule has 0 saturated heterocycles. The summed E-state index contributed by atoms with van der Waals surface area (Å²) in [6.07, 6.45) is 0. The van der Waals surface area contributed by atoms with Gasteiger partial charge in [0.15, 0.2) is 11.6 Å². The fourth-order valence-electron chi connectivity index (χ4n) is 1.39. The minimum atomic E-state index is -0.580. The molecule has 3 N–H and O–H groups in total. The number of anilines is 3. The lowest BCUT2D eigenvalue weighted by Crippen LogP contribution is -2.02. The number of nitrogens with one attached hydrogen (secondary N) is 1.